The Balaban J connectivity index is 2.12. The molecule has 0 unspecified atom stereocenters. The van der Waals surface area contributed by atoms with E-state index in [2.05, 4.69) is 4.99 Å². The minimum absolute atomic E-state index is 0.131. The van der Waals surface area contributed by atoms with E-state index in [-0.39, 0.29) is 5.02 Å². The van der Waals surface area contributed by atoms with Crippen LogP contribution in [0.2, 0.25) is 5.02 Å². The number of aliphatic imine (C=N–C) groups is 1. The first-order valence-electron chi connectivity index (χ1n) is 4.92. The molecule has 1 fully saturated rings. The molecule has 0 atom stereocenters. The van der Waals surface area contributed by atoms with Crippen LogP contribution in [0.1, 0.15) is 18.4 Å². The number of amidine groups is 1. The molecule has 1 aliphatic rings. The van der Waals surface area contributed by atoms with E-state index in [0.29, 0.717) is 23.9 Å². The summed E-state index contributed by atoms with van der Waals surface area (Å²) in [6.45, 7) is 0. The Morgan fingerprint density at radius 1 is 1.53 bits per heavy atom. The predicted molar refractivity (Wildman–Crippen MR) is 59.8 cm³/mol. The average molecular weight is 227 g/mol. The van der Waals surface area contributed by atoms with Crippen LogP contribution in [0.5, 0.6) is 0 Å². The van der Waals surface area contributed by atoms with Crippen molar-refractivity contribution in [3.8, 4) is 0 Å². The molecule has 2 nitrogen and oxygen atoms in total. The Morgan fingerprint density at radius 3 is 2.93 bits per heavy atom. The van der Waals surface area contributed by atoms with Crippen molar-refractivity contribution in [3.63, 3.8) is 0 Å². The predicted octanol–water partition coefficient (Wildman–Crippen LogP) is 2.54. The molecule has 0 saturated heterocycles. The highest BCUT2D eigenvalue weighted by atomic mass is 35.5. The number of nitrogens with two attached hydrogens (primary N) is 1. The number of hydrogen-bond acceptors (Lipinski definition) is 1. The SMILES string of the molecule is NC(Cc1cccc(Cl)c1F)=NC1CC1. The van der Waals surface area contributed by atoms with Gasteiger partial charge in [-0.25, -0.2) is 4.39 Å². The Hall–Kier alpha value is -1.09. The summed E-state index contributed by atoms with van der Waals surface area (Å²) in [4.78, 5) is 4.24. The highest BCUT2D eigenvalue weighted by Gasteiger charge is 2.20. The zero-order chi connectivity index (χ0) is 10.8. The second-order valence-electron chi connectivity index (χ2n) is 3.74. The molecule has 0 radical (unpaired) electrons. The van der Waals surface area contributed by atoms with Crippen LogP contribution in [0.25, 0.3) is 0 Å². The van der Waals surface area contributed by atoms with Crippen LogP contribution in [0.15, 0.2) is 23.2 Å². The molecule has 0 aliphatic heterocycles. The molecule has 80 valence electrons. The maximum absolute atomic E-state index is 13.5. The van der Waals surface area contributed by atoms with Crippen molar-refractivity contribution in [1.29, 1.82) is 0 Å². The Kier molecular flexibility index (Phi) is 2.91. The van der Waals surface area contributed by atoms with Crippen molar-refractivity contribution in [2.45, 2.75) is 25.3 Å². The molecule has 0 heterocycles. The van der Waals surface area contributed by atoms with Gasteiger partial charge >= 0.3 is 0 Å². The summed E-state index contributed by atoms with van der Waals surface area (Å²) >= 11 is 5.66. The third-order valence-corrected chi connectivity index (χ3v) is 2.59. The molecule has 0 spiro atoms. The van der Waals surface area contributed by atoms with Gasteiger partial charge in [0.05, 0.1) is 16.9 Å². The van der Waals surface area contributed by atoms with Gasteiger partial charge in [-0.15, -0.1) is 0 Å². The second kappa shape index (κ2) is 4.19. The molecule has 2 rings (SSSR count). The number of halogens is 2. The van der Waals surface area contributed by atoms with Crippen LogP contribution >= 0.6 is 11.6 Å². The smallest absolute Gasteiger partial charge is 0.145 e. The highest BCUT2D eigenvalue weighted by molar-refractivity contribution is 6.30. The number of hydrogen-bond donors (Lipinski definition) is 1. The molecule has 1 aliphatic carbocycles. The van der Waals surface area contributed by atoms with Crippen LogP contribution in [0, 0.1) is 5.82 Å². The summed E-state index contributed by atoms with van der Waals surface area (Å²) < 4.78 is 13.5. The summed E-state index contributed by atoms with van der Waals surface area (Å²) in [6, 6.07) is 5.28. The maximum atomic E-state index is 13.5. The molecule has 4 heteroatoms. The van der Waals surface area contributed by atoms with Gasteiger partial charge in [-0.3, -0.25) is 4.99 Å². The van der Waals surface area contributed by atoms with Gasteiger partial charge in [0.2, 0.25) is 0 Å². The van der Waals surface area contributed by atoms with E-state index in [0.717, 1.165) is 12.8 Å². The van der Waals surface area contributed by atoms with Crippen molar-refractivity contribution in [3.05, 3.63) is 34.6 Å². The quantitative estimate of drug-likeness (QED) is 0.624. The van der Waals surface area contributed by atoms with Crippen molar-refractivity contribution >= 4 is 17.4 Å². The number of benzene rings is 1. The van der Waals surface area contributed by atoms with E-state index in [1.807, 2.05) is 0 Å². The van der Waals surface area contributed by atoms with E-state index < -0.39 is 5.82 Å². The van der Waals surface area contributed by atoms with Crippen molar-refractivity contribution in [2.24, 2.45) is 10.7 Å². The van der Waals surface area contributed by atoms with Gasteiger partial charge in [0.1, 0.15) is 5.82 Å². The van der Waals surface area contributed by atoms with Crippen LogP contribution in [0.3, 0.4) is 0 Å². The molecule has 0 aromatic heterocycles. The largest absolute Gasteiger partial charge is 0.387 e. The fourth-order valence-electron chi connectivity index (χ4n) is 1.36. The Bertz CT molecular complexity index is 400. The molecular formula is C11H12ClFN2. The fourth-order valence-corrected chi connectivity index (χ4v) is 1.56. The minimum atomic E-state index is -0.395. The first-order valence-corrected chi connectivity index (χ1v) is 5.29. The van der Waals surface area contributed by atoms with Crippen LogP contribution < -0.4 is 5.73 Å². The highest BCUT2D eigenvalue weighted by Crippen LogP contribution is 2.24. The number of rotatable bonds is 3. The molecule has 0 bridgehead atoms. The van der Waals surface area contributed by atoms with Gasteiger partial charge in [-0.05, 0) is 24.5 Å². The normalized spacial score (nSPS) is 16.8. The third-order valence-electron chi connectivity index (χ3n) is 2.30. The fraction of sp³-hybridized carbons (Fsp3) is 0.364. The molecule has 1 aromatic carbocycles. The van der Waals surface area contributed by atoms with Gasteiger partial charge in [0.25, 0.3) is 0 Å². The van der Waals surface area contributed by atoms with E-state index >= 15 is 0 Å². The van der Waals surface area contributed by atoms with Crippen LogP contribution in [0.4, 0.5) is 4.39 Å². The first kappa shape index (κ1) is 10.4. The zero-order valence-electron chi connectivity index (χ0n) is 8.21. The van der Waals surface area contributed by atoms with Crippen molar-refractivity contribution in [2.75, 3.05) is 0 Å². The average Bonchev–Trinajstić information content (AvgIpc) is 2.97. The lowest BCUT2D eigenvalue weighted by Gasteiger charge is -2.04. The molecule has 2 N–H and O–H groups in total. The monoisotopic (exact) mass is 226 g/mol. The standard InChI is InChI=1S/C11H12ClFN2/c12-9-3-1-2-7(11(9)13)6-10(14)15-8-4-5-8/h1-3,8H,4-6H2,(H2,14,15). The Labute approximate surface area is 93.0 Å². The lowest BCUT2D eigenvalue weighted by Crippen LogP contribution is -2.16. The lowest BCUT2D eigenvalue weighted by atomic mass is 10.1. The van der Waals surface area contributed by atoms with Gasteiger partial charge in [-0.1, -0.05) is 23.7 Å². The first-order chi connectivity index (χ1) is 7.16. The number of nitrogens with zero attached hydrogens (tertiary/aromatic N) is 1. The summed E-state index contributed by atoms with van der Waals surface area (Å²) in [6.07, 6.45) is 2.53. The van der Waals surface area contributed by atoms with Crippen LogP contribution in [-0.4, -0.2) is 11.9 Å². The molecule has 0 amide bonds. The Morgan fingerprint density at radius 2 is 2.27 bits per heavy atom. The molecule has 1 aromatic rings. The van der Waals surface area contributed by atoms with Crippen molar-refractivity contribution < 1.29 is 4.39 Å². The third kappa shape index (κ3) is 2.69. The zero-order valence-corrected chi connectivity index (χ0v) is 8.97. The van der Waals surface area contributed by atoms with E-state index in [4.69, 9.17) is 17.3 Å². The van der Waals surface area contributed by atoms with E-state index in [9.17, 15) is 4.39 Å². The van der Waals surface area contributed by atoms with Crippen molar-refractivity contribution in [1.82, 2.24) is 0 Å². The molecule has 1 saturated carbocycles. The second-order valence-corrected chi connectivity index (χ2v) is 4.15. The maximum Gasteiger partial charge on any atom is 0.145 e. The van der Waals surface area contributed by atoms with E-state index in [1.165, 1.54) is 6.07 Å². The van der Waals surface area contributed by atoms with Gasteiger partial charge < -0.3 is 5.73 Å². The summed E-state index contributed by atoms with van der Waals surface area (Å²) in [5.41, 5.74) is 6.21. The van der Waals surface area contributed by atoms with E-state index in [1.54, 1.807) is 12.1 Å². The summed E-state index contributed by atoms with van der Waals surface area (Å²) in [5.74, 6) is 0.0896. The van der Waals surface area contributed by atoms with Crippen LogP contribution in [-0.2, 0) is 6.42 Å². The topological polar surface area (TPSA) is 38.4 Å². The molecule has 15 heavy (non-hydrogen) atoms. The summed E-state index contributed by atoms with van der Waals surface area (Å²) in [7, 11) is 0. The van der Waals surface area contributed by atoms with Gasteiger partial charge in [0, 0.05) is 6.42 Å². The van der Waals surface area contributed by atoms with Gasteiger partial charge in [0.15, 0.2) is 0 Å². The molecular weight excluding hydrogens is 215 g/mol. The summed E-state index contributed by atoms with van der Waals surface area (Å²) in [5, 5.41) is 0.131. The lowest BCUT2D eigenvalue weighted by molar-refractivity contribution is 0.616. The minimum Gasteiger partial charge on any atom is -0.387 e. The van der Waals surface area contributed by atoms with Gasteiger partial charge in [-0.2, -0.15) is 0 Å².